The summed E-state index contributed by atoms with van der Waals surface area (Å²) in [4.78, 5) is 2.05. The second kappa shape index (κ2) is 7.75. The molecule has 112 valence electrons. The number of ether oxygens (including phenoxy) is 1. The van der Waals surface area contributed by atoms with E-state index in [4.69, 9.17) is 15.9 Å². The summed E-state index contributed by atoms with van der Waals surface area (Å²) in [6, 6.07) is -0.0664. The second-order valence-corrected chi connectivity index (χ2v) is 6.12. The number of hydrogen-bond acceptors (Lipinski definition) is 5. The molecule has 5 N–H and O–H groups in total. The number of likely N-dealkylation sites (tertiary alicyclic amines) is 1. The second-order valence-electron chi connectivity index (χ2n) is 4.58. The first kappa shape index (κ1) is 16.3. The summed E-state index contributed by atoms with van der Waals surface area (Å²) in [7, 11) is -1.94. The van der Waals surface area contributed by atoms with Crippen LogP contribution in [-0.4, -0.2) is 65.1 Å². The van der Waals surface area contributed by atoms with Gasteiger partial charge in [0, 0.05) is 32.8 Å². The summed E-state index contributed by atoms with van der Waals surface area (Å²) in [5.74, 6) is 0.139. The van der Waals surface area contributed by atoms with Crippen LogP contribution in [-0.2, 0) is 14.9 Å². The number of piperidine rings is 1. The van der Waals surface area contributed by atoms with Crippen LogP contribution in [0.1, 0.15) is 12.8 Å². The lowest BCUT2D eigenvalue weighted by atomic mass is 10.1. The molecular formula is C10H23N5O3S. The standard InChI is InChI=1S/C10H23N5O3S/c1-18-7-4-13-19(16,17)14-9-2-5-15(6-3-9)8-10(11)12/h9,13-14H,2-8H2,1H3,(H3,11,12). The Bertz CT molecular complexity index is 379. The molecule has 9 heteroatoms. The van der Waals surface area contributed by atoms with Crippen LogP contribution in [0.4, 0.5) is 0 Å². The quantitative estimate of drug-likeness (QED) is 0.245. The molecule has 1 heterocycles. The van der Waals surface area contributed by atoms with Crippen molar-refractivity contribution in [1.29, 1.82) is 5.41 Å². The SMILES string of the molecule is COCCNS(=O)(=O)NC1CCN(CC(=N)N)CC1. The Morgan fingerprint density at radius 3 is 2.63 bits per heavy atom. The van der Waals surface area contributed by atoms with Gasteiger partial charge >= 0.3 is 0 Å². The van der Waals surface area contributed by atoms with Gasteiger partial charge in [0.1, 0.15) is 5.84 Å². The third-order valence-corrected chi connectivity index (χ3v) is 4.13. The van der Waals surface area contributed by atoms with Gasteiger partial charge in [-0.3, -0.25) is 10.3 Å². The maximum absolute atomic E-state index is 11.7. The maximum Gasteiger partial charge on any atom is 0.277 e. The van der Waals surface area contributed by atoms with Gasteiger partial charge in [-0.25, -0.2) is 0 Å². The highest BCUT2D eigenvalue weighted by atomic mass is 32.2. The molecule has 1 rings (SSSR count). The van der Waals surface area contributed by atoms with Crippen LogP contribution in [0.25, 0.3) is 0 Å². The van der Waals surface area contributed by atoms with Gasteiger partial charge in [-0.2, -0.15) is 17.9 Å². The van der Waals surface area contributed by atoms with E-state index in [2.05, 4.69) is 9.44 Å². The zero-order valence-corrected chi connectivity index (χ0v) is 12.0. The molecule has 0 atom stereocenters. The molecule has 0 saturated carbocycles. The largest absolute Gasteiger partial charge is 0.387 e. The predicted molar refractivity (Wildman–Crippen MR) is 73.3 cm³/mol. The molecule has 0 bridgehead atoms. The number of amidine groups is 1. The average molecular weight is 293 g/mol. The topological polar surface area (TPSA) is 121 Å². The van der Waals surface area contributed by atoms with Crippen LogP contribution >= 0.6 is 0 Å². The maximum atomic E-state index is 11.7. The number of nitrogens with two attached hydrogens (primary N) is 1. The number of rotatable bonds is 8. The van der Waals surface area contributed by atoms with Gasteiger partial charge in [0.05, 0.1) is 13.2 Å². The van der Waals surface area contributed by atoms with Gasteiger partial charge in [-0.15, -0.1) is 0 Å². The van der Waals surface area contributed by atoms with Crippen LogP contribution in [0.5, 0.6) is 0 Å². The van der Waals surface area contributed by atoms with Gasteiger partial charge in [0.2, 0.25) is 0 Å². The van der Waals surface area contributed by atoms with Crippen LogP contribution < -0.4 is 15.2 Å². The Labute approximate surface area is 114 Å². The van der Waals surface area contributed by atoms with Gasteiger partial charge in [-0.1, -0.05) is 0 Å². The average Bonchev–Trinajstić information content (AvgIpc) is 2.31. The van der Waals surface area contributed by atoms with E-state index in [1.807, 2.05) is 4.90 Å². The number of nitrogens with one attached hydrogen (secondary N) is 3. The minimum Gasteiger partial charge on any atom is -0.387 e. The monoisotopic (exact) mass is 293 g/mol. The number of methoxy groups -OCH3 is 1. The molecule has 1 fully saturated rings. The molecule has 0 unspecified atom stereocenters. The van der Waals surface area contributed by atoms with Crippen LogP contribution in [0.15, 0.2) is 0 Å². The summed E-state index contributed by atoms with van der Waals surface area (Å²) in [5.41, 5.74) is 5.34. The zero-order valence-electron chi connectivity index (χ0n) is 11.2. The van der Waals surface area contributed by atoms with E-state index >= 15 is 0 Å². The fraction of sp³-hybridized carbons (Fsp3) is 0.900. The Morgan fingerprint density at radius 2 is 2.11 bits per heavy atom. The van der Waals surface area contributed by atoms with Crippen molar-refractivity contribution < 1.29 is 13.2 Å². The molecule has 0 amide bonds. The molecule has 1 aliphatic heterocycles. The molecule has 8 nitrogen and oxygen atoms in total. The van der Waals surface area contributed by atoms with E-state index in [0.29, 0.717) is 13.2 Å². The van der Waals surface area contributed by atoms with E-state index in [9.17, 15) is 8.42 Å². The lowest BCUT2D eigenvalue weighted by Gasteiger charge is -2.31. The fourth-order valence-electron chi connectivity index (χ4n) is 1.99. The van der Waals surface area contributed by atoms with Gasteiger partial charge in [-0.05, 0) is 12.8 Å². The lowest BCUT2D eigenvalue weighted by molar-refractivity contribution is 0.204. The van der Waals surface area contributed by atoms with Crippen LogP contribution in [0.3, 0.4) is 0 Å². The summed E-state index contributed by atoms with van der Waals surface area (Å²) in [6.07, 6.45) is 1.44. The summed E-state index contributed by atoms with van der Waals surface area (Å²) in [6.45, 7) is 2.54. The van der Waals surface area contributed by atoms with Crippen molar-refractivity contribution in [1.82, 2.24) is 14.3 Å². The normalized spacial score (nSPS) is 18.6. The molecule has 19 heavy (non-hydrogen) atoms. The Kier molecular flexibility index (Phi) is 6.66. The van der Waals surface area contributed by atoms with Gasteiger partial charge in [0.15, 0.2) is 0 Å². The Balaban J connectivity index is 2.30. The third kappa shape index (κ3) is 6.83. The van der Waals surface area contributed by atoms with Crippen LogP contribution in [0, 0.1) is 5.41 Å². The minimum absolute atomic E-state index is 0.0664. The summed E-state index contributed by atoms with van der Waals surface area (Å²) in [5, 5.41) is 7.22. The van der Waals surface area contributed by atoms with E-state index < -0.39 is 10.2 Å². The van der Waals surface area contributed by atoms with Crippen molar-refractivity contribution in [3.8, 4) is 0 Å². The van der Waals surface area contributed by atoms with Crippen molar-refractivity contribution in [2.24, 2.45) is 5.73 Å². The van der Waals surface area contributed by atoms with Crippen LogP contribution in [0.2, 0.25) is 0 Å². The first-order valence-electron chi connectivity index (χ1n) is 6.24. The van der Waals surface area contributed by atoms with Gasteiger partial charge < -0.3 is 10.5 Å². The minimum atomic E-state index is -3.46. The van der Waals surface area contributed by atoms with E-state index in [-0.39, 0.29) is 18.4 Å². The zero-order chi connectivity index (χ0) is 14.3. The van der Waals surface area contributed by atoms with Crippen molar-refractivity contribution in [3.05, 3.63) is 0 Å². The molecule has 0 aliphatic carbocycles. The first-order valence-corrected chi connectivity index (χ1v) is 7.72. The third-order valence-electron chi connectivity index (χ3n) is 2.90. The van der Waals surface area contributed by atoms with Crippen molar-refractivity contribution in [3.63, 3.8) is 0 Å². The fourth-order valence-corrected chi connectivity index (χ4v) is 3.10. The molecular weight excluding hydrogens is 270 g/mol. The van der Waals surface area contributed by atoms with Gasteiger partial charge in [0.25, 0.3) is 10.2 Å². The number of nitrogens with zero attached hydrogens (tertiary/aromatic N) is 1. The Morgan fingerprint density at radius 1 is 1.47 bits per heavy atom. The lowest BCUT2D eigenvalue weighted by Crippen LogP contribution is -2.49. The Hall–Kier alpha value is -0.740. The molecule has 0 aromatic heterocycles. The van der Waals surface area contributed by atoms with E-state index in [1.165, 1.54) is 7.11 Å². The molecule has 0 spiro atoms. The van der Waals surface area contributed by atoms with Crippen molar-refractivity contribution in [2.45, 2.75) is 18.9 Å². The highest BCUT2D eigenvalue weighted by Crippen LogP contribution is 2.10. The summed E-state index contributed by atoms with van der Waals surface area (Å²) < 4.78 is 33.2. The first-order chi connectivity index (χ1) is 8.93. The van der Waals surface area contributed by atoms with Crippen molar-refractivity contribution in [2.75, 3.05) is 39.9 Å². The van der Waals surface area contributed by atoms with E-state index in [0.717, 1.165) is 25.9 Å². The van der Waals surface area contributed by atoms with Crippen molar-refractivity contribution >= 4 is 16.0 Å². The molecule has 0 radical (unpaired) electrons. The molecule has 0 aromatic rings. The highest BCUT2D eigenvalue weighted by molar-refractivity contribution is 7.87. The van der Waals surface area contributed by atoms with E-state index in [1.54, 1.807) is 0 Å². The number of hydrogen-bond donors (Lipinski definition) is 4. The highest BCUT2D eigenvalue weighted by Gasteiger charge is 2.23. The predicted octanol–water partition coefficient (Wildman–Crippen LogP) is -1.54. The molecule has 1 saturated heterocycles. The molecule has 0 aromatic carbocycles. The summed E-state index contributed by atoms with van der Waals surface area (Å²) >= 11 is 0. The smallest absolute Gasteiger partial charge is 0.277 e. The molecule has 1 aliphatic rings.